The Labute approximate surface area is 129 Å². The summed E-state index contributed by atoms with van der Waals surface area (Å²) in [6, 6.07) is 6.18. The number of benzene rings is 1. The van der Waals surface area contributed by atoms with E-state index in [9.17, 15) is 8.42 Å². The second kappa shape index (κ2) is 6.02. The van der Waals surface area contributed by atoms with Gasteiger partial charge in [-0.05, 0) is 37.1 Å². The summed E-state index contributed by atoms with van der Waals surface area (Å²) in [5.41, 5.74) is 0.942. The van der Waals surface area contributed by atoms with Crippen molar-refractivity contribution in [3.63, 3.8) is 0 Å². The van der Waals surface area contributed by atoms with Crippen LogP contribution in [0.4, 0.5) is 0 Å². The molecule has 1 aromatic heterocycles. The van der Waals surface area contributed by atoms with Crippen LogP contribution in [-0.4, -0.2) is 27.7 Å². The van der Waals surface area contributed by atoms with E-state index >= 15 is 0 Å². The van der Waals surface area contributed by atoms with Crippen molar-refractivity contribution >= 4 is 10.0 Å². The quantitative estimate of drug-likeness (QED) is 0.910. The molecule has 1 aromatic carbocycles. The lowest BCUT2D eigenvalue weighted by atomic mass is 10.1. The summed E-state index contributed by atoms with van der Waals surface area (Å²) in [7, 11) is -3.61. The highest BCUT2D eigenvalue weighted by Gasteiger charge is 2.21. The molecule has 3 rings (SSSR count). The molecule has 7 heteroatoms. The van der Waals surface area contributed by atoms with E-state index in [-0.39, 0.29) is 10.9 Å². The van der Waals surface area contributed by atoms with Crippen LogP contribution in [0.15, 0.2) is 46.1 Å². The maximum absolute atomic E-state index is 12.4. The molecule has 0 bridgehead atoms. The lowest BCUT2D eigenvalue weighted by Crippen LogP contribution is -2.34. The fraction of sp³-hybridized carbons (Fsp3) is 0.333. The molecule has 0 saturated carbocycles. The van der Waals surface area contributed by atoms with Gasteiger partial charge in [0.05, 0.1) is 17.4 Å². The average molecular weight is 323 g/mol. The third-order valence-corrected chi connectivity index (χ3v) is 4.89. The van der Waals surface area contributed by atoms with E-state index in [1.807, 2.05) is 13.0 Å². The van der Waals surface area contributed by atoms with Crippen molar-refractivity contribution in [1.82, 2.24) is 4.72 Å². The Morgan fingerprint density at radius 3 is 2.68 bits per heavy atom. The molecule has 1 aliphatic heterocycles. The van der Waals surface area contributed by atoms with Crippen LogP contribution >= 0.6 is 0 Å². The number of sulfonamides is 1. The van der Waals surface area contributed by atoms with Crippen molar-refractivity contribution in [2.24, 2.45) is 0 Å². The summed E-state index contributed by atoms with van der Waals surface area (Å²) in [6.07, 6.45) is 3.73. The molecular weight excluding hydrogens is 306 g/mol. The maximum atomic E-state index is 12.4. The lowest BCUT2D eigenvalue weighted by molar-refractivity contribution is 0.171. The highest BCUT2D eigenvalue weighted by atomic mass is 32.2. The number of furan rings is 1. The summed E-state index contributed by atoms with van der Waals surface area (Å²) in [6.45, 7) is 2.70. The second-order valence-corrected chi connectivity index (χ2v) is 6.88. The third-order valence-electron chi connectivity index (χ3n) is 3.30. The zero-order chi connectivity index (χ0) is 15.6. The van der Waals surface area contributed by atoms with Crippen molar-refractivity contribution in [3.05, 3.63) is 42.4 Å². The van der Waals surface area contributed by atoms with Crippen LogP contribution in [0.2, 0.25) is 0 Å². The standard InChI is InChI=1S/C15H17NO5S/c1-11(8-12-4-5-19-10-12)16-22(17,18)13-2-3-14-15(9-13)21-7-6-20-14/h2-5,9-11,16H,6-8H2,1H3/t11-/m0/s1. The first-order valence-electron chi connectivity index (χ1n) is 6.98. The molecule has 0 fully saturated rings. The Balaban J connectivity index is 1.74. The molecule has 1 N–H and O–H groups in total. The van der Waals surface area contributed by atoms with E-state index in [0.29, 0.717) is 31.1 Å². The van der Waals surface area contributed by atoms with Gasteiger partial charge < -0.3 is 13.9 Å². The zero-order valence-electron chi connectivity index (χ0n) is 12.1. The van der Waals surface area contributed by atoms with E-state index in [1.54, 1.807) is 18.6 Å². The number of ether oxygens (including phenoxy) is 2. The van der Waals surface area contributed by atoms with Crippen molar-refractivity contribution in [2.45, 2.75) is 24.3 Å². The second-order valence-electron chi connectivity index (χ2n) is 5.16. The van der Waals surface area contributed by atoms with Crippen molar-refractivity contribution in [2.75, 3.05) is 13.2 Å². The highest BCUT2D eigenvalue weighted by Crippen LogP contribution is 2.32. The molecule has 2 aromatic rings. The Morgan fingerprint density at radius 2 is 1.95 bits per heavy atom. The van der Waals surface area contributed by atoms with Gasteiger partial charge in [0.2, 0.25) is 10.0 Å². The van der Waals surface area contributed by atoms with Crippen LogP contribution in [-0.2, 0) is 16.4 Å². The first-order chi connectivity index (χ1) is 10.5. The number of hydrogen-bond acceptors (Lipinski definition) is 5. The summed E-state index contributed by atoms with van der Waals surface area (Å²) in [4.78, 5) is 0.163. The Morgan fingerprint density at radius 1 is 1.18 bits per heavy atom. The predicted octanol–water partition coefficient (Wildman–Crippen LogP) is 1.96. The maximum Gasteiger partial charge on any atom is 0.240 e. The van der Waals surface area contributed by atoms with Gasteiger partial charge in [-0.1, -0.05) is 0 Å². The Kier molecular flexibility index (Phi) is 4.08. The molecule has 22 heavy (non-hydrogen) atoms. The molecule has 1 aliphatic rings. The summed E-state index contributed by atoms with van der Waals surface area (Å²) in [5, 5.41) is 0. The minimum absolute atomic E-state index is 0.163. The SMILES string of the molecule is C[C@@H](Cc1ccoc1)NS(=O)(=O)c1ccc2c(c1)OCCO2. The van der Waals surface area contributed by atoms with E-state index in [2.05, 4.69) is 4.72 Å². The van der Waals surface area contributed by atoms with Gasteiger partial charge in [-0.2, -0.15) is 0 Å². The molecule has 0 radical (unpaired) electrons. The molecule has 6 nitrogen and oxygen atoms in total. The average Bonchev–Trinajstić information content (AvgIpc) is 2.99. The molecule has 0 aliphatic carbocycles. The molecule has 0 amide bonds. The van der Waals surface area contributed by atoms with Crippen molar-refractivity contribution < 1.29 is 22.3 Å². The number of hydrogen-bond donors (Lipinski definition) is 1. The molecule has 0 saturated heterocycles. The Bertz CT molecular complexity index is 739. The molecule has 2 heterocycles. The lowest BCUT2D eigenvalue weighted by Gasteiger charge is -2.19. The predicted molar refractivity (Wildman–Crippen MR) is 79.6 cm³/mol. The molecule has 118 valence electrons. The molecular formula is C15H17NO5S. The Hall–Kier alpha value is -1.99. The largest absolute Gasteiger partial charge is 0.486 e. The van der Waals surface area contributed by atoms with Gasteiger partial charge >= 0.3 is 0 Å². The minimum Gasteiger partial charge on any atom is -0.486 e. The highest BCUT2D eigenvalue weighted by molar-refractivity contribution is 7.89. The van der Waals surface area contributed by atoms with E-state index in [0.717, 1.165) is 5.56 Å². The van der Waals surface area contributed by atoms with Crippen molar-refractivity contribution in [3.8, 4) is 11.5 Å². The van der Waals surface area contributed by atoms with Crippen LogP contribution in [0, 0.1) is 0 Å². The number of rotatable bonds is 5. The van der Waals surface area contributed by atoms with Crippen LogP contribution in [0.5, 0.6) is 11.5 Å². The smallest absolute Gasteiger partial charge is 0.240 e. The first kappa shape index (κ1) is 14.9. The van der Waals surface area contributed by atoms with Crippen LogP contribution < -0.4 is 14.2 Å². The summed E-state index contributed by atoms with van der Waals surface area (Å²) >= 11 is 0. The van der Waals surface area contributed by atoms with E-state index in [1.165, 1.54) is 12.1 Å². The fourth-order valence-corrected chi connectivity index (χ4v) is 3.59. The summed E-state index contributed by atoms with van der Waals surface area (Å²) < 4.78 is 43.3. The third kappa shape index (κ3) is 3.26. The molecule has 0 unspecified atom stereocenters. The van der Waals surface area contributed by atoms with Crippen LogP contribution in [0.25, 0.3) is 0 Å². The normalized spacial score (nSPS) is 15.5. The van der Waals surface area contributed by atoms with Gasteiger partial charge in [-0.25, -0.2) is 13.1 Å². The zero-order valence-corrected chi connectivity index (χ0v) is 12.9. The monoisotopic (exact) mass is 323 g/mol. The first-order valence-corrected chi connectivity index (χ1v) is 8.46. The van der Waals surface area contributed by atoms with Gasteiger partial charge in [-0.15, -0.1) is 0 Å². The minimum atomic E-state index is -3.61. The van der Waals surface area contributed by atoms with Crippen LogP contribution in [0.3, 0.4) is 0 Å². The molecule has 0 spiro atoms. The van der Waals surface area contributed by atoms with Gasteiger partial charge in [0.1, 0.15) is 13.2 Å². The van der Waals surface area contributed by atoms with Crippen LogP contribution in [0.1, 0.15) is 12.5 Å². The molecule has 1 atom stereocenters. The van der Waals surface area contributed by atoms with Gasteiger partial charge in [0.25, 0.3) is 0 Å². The van der Waals surface area contributed by atoms with E-state index in [4.69, 9.17) is 13.9 Å². The van der Waals surface area contributed by atoms with E-state index < -0.39 is 10.0 Å². The van der Waals surface area contributed by atoms with Gasteiger partial charge in [0.15, 0.2) is 11.5 Å². The summed E-state index contributed by atoms with van der Waals surface area (Å²) in [5.74, 6) is 1.02. The fourth-order valence-electron chi connectivity index (χ4n) is 2.33. The van der Waals surface area contributed by atoms with Crippen molar-refractivity contribution in [1.29, 1.82) is 0 Å². The topological polar surface area (TPSA) is 77.8 Å². The number of fused-ring (bicyclic) bond motifs is 1. The number of nitrogens with one attached hydrogen (secondary N) is 1. The van der Waals surface area contributed by atoms with Gasteiger partial charge in [0, 0.05) is 12.1 Å². The van der Waals surface area contributed by atoms with Gasteiger partial charge in [-0.3, -0.25) is 0 Å².